The second-order valence-corrected chi connectivity index (χ2v) is 5.22. The van der Waals surface area contributed by atoms with E-state index in [1.165, 1.54) is 6.07 Å². The highest BCUT2D eigenvalue weighted by molar-refractivity contribution is 9.09. The van der Waals surface area contributed by atoms with Crippen LogP contribution in [0.15, 0.2) is 18.2 Å². The van der Waals surface area contributed by atoms with E-state index in [2.05, 4.69) is 34.7 Å². The molecule has 0 aliphatic rings. The van der Waals surface area contributed by atoms with Crippen molar-refractivity contribution in [3.63, 3.8) is 0 Å². The molecule has 1 rings (SSSR count). The molecule has 0 bridgehead atoms. The Labute approximate surface area is 110 Å². The van der Waals surface area contributed by atoms with E-state index >= 15 is 0 Å². The van der Waals surface area contributed by atoms with Gasteiger partial charge in [0.25, 0.3) is 0 Å². The Balaban J connectivity index is 2.80. The van der Waals surface area contributed by atoms with Crippen molar-refractivity contribution in [3.8, 4) is 0 Å². The Morgan fingerprint density at radius 2 is 2.12 bits per heavy atom. The maximum atomic E-state index is 13.5. The maximum Gasteiger partial charge on any atom is 0.127 e. The van der Waals surface area contributed by atoms with Gasteiger partial charge in [-0.15, -0.1) is 0 Å². The summed E-state index contributed by atoms with van der Waals surface area (Å²) in [6.07, 6.45) is 0. The van der Waals surface area contributed by atoms with Crippen LogP contribution in [0.3, 0.4) is 0 Å². The van der Waals surface area contributed by atoms with E-state index in [0.29, 0.717) is 23.2 Å². The highest BCUT2D eigenvalue weighted by Gasteiger charge is 2.12. The molecular weight excluding hydrogens is 292 g/mol. The molecule has 1 aromatic rings. The first-order chi connectivity index (χ1) is 7.54. The Bertz CT molecular complexity index is 344. The largest absolute Gasteiger partial charge is 0.296 e. The first-order valence-electron chi connectivity index (χ1n) is 5.28. The summed E-state index contributed by atoms with van der Waals surface area (Å²) < 4.78 is 13.5. The molecule has 0 amide bonds. The van der Waals surface area contributed by atoms with Gasteiger partial charge in [0, 0.05) is 35.0 Å². The van der Waals surface area contributed by atoms with Gasteiger partial charge in [-0.3, -0.25) is 4.90 Å². The number of rotatable bonds is 5. The molecule has 0 saturated heterocycles. The first kappa shape index (κ1) is 13.9. The predicted molar refractivity (Wildman–Crippen MR) is 70.8 cm³/mol. The van der Waals surface area contributed by atoms with Crippen molar-refractivity contribution in [2.45, 2.75) is 26.4 Å². The minimum absolute atomic E-state index is 0.190. The lowest BCUT2D eigenvalue weighted by molar-refractivity contribution is 0.224. The summed E-state index contributed by atoms with van der Waals surface area (Å²) in [5, 5.41) is 1.46. The summed E-state index contributed by atoms with van der Waals surface area (Å²) in [4.78, 5) is 2.20. The fourth-order valence-electron chi connectivity index (χ4n) is 1.51. The summed E-state index contributed by atoms with van der Waals surface area (Å²) in [7, 11) is 0. The van der Waals surface area contributed by atoms with Crippen LogP contribution in [0.4, 0.5) is 4.39 Å². The topological polar surface area (TPSA) is 3.24 Å². The van der Waals surface area contributed by atoms with Crippen molar-refractivity contribution in [3.05, 3.63) is 34.6 Å². The number of hydrogen-bond donors (Lipinski definition) is 0. The van der Waals surface area contributed by atoms with E-state index in [9.17, 15) is 4.39 Å². The highest BCUT2D eigenvalue weighted by atomic mass is 79.9. The maximum absolute atomic E-state index is 13.5. The summed E-state index contributed by atoms with van der Waals surface area (Å²) >= 11 is 9.27. The van der Waals surface area contributed by atoms with Crippen molar-refractivity contribution in [2.75, 3.05) is 11.9 Å². The molecule has 0 aliphatic heterocycles. The van der Waals surface area contributed by atoms with E-state index in [4.69, 9.17) is 11.6 Å². The zero-order valence-electron chi connectivity index (χ0n) is 9.51. The average Bonchev–Trinajstić information content (AvgIpc) is 2.22. The molecule has 90 valence electrons. The molecule has 0 aliphatic carbocycles. The van der Waals surface area contributed by atoms with Crippen LogP contribution in [0.5, 0.6) is 0 Å². The molecule has 0 fully saturated rings. The van der Waals surface area contributed by atoms with Gasteiger partial charge in [-0.05, 0) is 32.0 Å². The van der Waals surface area contributed by atoms with Crippen LogP contribution in [0.25, 0.3) is 0 Å². The summed E-state index contributed by atoms with van der Waals surface area (Å²) in [5.41, 5.74) is 0.655. The molecule has 0 aromatic heterocycles. The van der Waals surface area contributed by atoms with Gasteiger partial charge in [-0.25, -0.2) is 4.39 Å². The van der Waals surface area contributed by atoms with Crippen molar-refractivity contribution < 1.29 is 4.39 Å². The minimum Gasteiger partial charge on any atom is -0.296 e. The molecule has 1 aromatic carbocycles. The number of benzene rings is 1. The molecule has 0 saturated carbocycles. The van der Waals surface area contributed by atoms with Crippen LogP contribution in [-0.4, -0.2) is 22.8 Å². The Morgan fingerprint density at radius 1 is 1.44 bits per heavy atom. The van der Waals surface area contributed by atoms with E-state index < -0.39 is 0 Å². The predicted octanol–water partition coefficient (Wildman–Crippen LogP) is 4.08. The fourth-order valence-corrected chi connectivity index (χ4v) is 2.16. The Kier molecular flexibility index (Phi) is 5.73. The second-order valence-electron chi connectivity index (χ2n) is 3.99. The molecule has 0 heterocycles. The fraction of sp³-hybridized carbons (Fsp3) is 0.500. The van der Waals surface area contributed by atoms with Crippen molar-refractivity contribution >= 4 is 27.5 Å². The zero-order chi connectivity index (χ0) is 12.1. The minimum atomic E-state index is -0.190. The molecule has 16 heavy (non-hydrogen) atoms. The molecular formula is C12H16BrClFN. The molecule has 1 nitrogen and oxygen atoms in total. The number of halogens is 3. The summed E-state index contributed by atoms with van der Waals surface area (Å²) in [5.74, 6) is -0.190. The monoisotopic (exact) mass is 307 g/mol. The third-order valence-electron chi connectivity index (χ3n) is 2.48. The molecule has 0 atom stereocenters. The molecule has 0 unspecified atom stereocenters. The van der Waals surface area contributed by atoms with Crippen LogP contribution in [0.2, 0.25) is 5.02 Å². The summed E-state index contributed by atoms with van der Waals surface area (Å²) in [6.45, 7) is 5.69. The smallest absolute Gasteiger partial charge is 0.127 e. The van der Waals surface area contributed by atoms with Gasteiger partial charge in [0.2, 0.25) is 0 Å². The molecule has 0 N–H and O–H groups in total. The highest BCUT2D eigenvalue weighted by Crippen LogP contribution is 2.17. The third kappa shape index (κ3) is 4.04. The van der Waals surface area contributed by atoms with E-state index in [-0.39, 0.29) is 5.82 Å². The lowest BCUT2D eigenvalue weighted by Gasteiger charge is -2.25. The Morgan fingerprint density at radius 3 is 2.69 bits per heavy atom. The van der Waals surface area contributed by atoms with Gasteiger partial charge in [0.15, 0.2) is 0 Å². The SMILES string of the molecule is CC(C)N(CCBr)Cc1cc(Cl)ccc1F. The molecule has 0 spiro atoms. The second kappa shape index (κ2) is 6.58. The van der Waals surface area contributed by atoms with Crippen LogP contribution in [0, 0.1) is 5.82 Å². The quantitative estimate of drug-likeness (QED) is 0.741. The molecule has 0 radical (unpaired) electrons. The van der Waals surface area contributed by atoms with Gasteiger partial charge >= 0.3 is 0 Å². The number of nitrogens with zero attached hydrogens (tertiary/aromatic N) is 1. The normalized spacial score (nSPS) is 11.4. The Hall–Kier alpha value is -0.120. The van der Waals surface area contributed by atoms with Crippen LogP contribution in [0.1, 0.15) is 19.4 Å². The lowest BCUT2D eigenvalue weighted by atomic mass is 10.2. The lowest BCUT2D eigenvalue weighted by Crippen LogP contribution is -2.32. The van der Waals surface area contributed by atoms with Gasteiger partial charge in [0.05, 0.1) is 0 Å². The van der Waals surface area contributed by atoms with Gasteiger partial charge < -0.3 is 0 Å². The first-order valence-corrected chi connectivity index (χ1v) is 6.78. The van der Waals surface area contributed by atoms with E-state index in [1.807, 2.05) is 0 Å². The standard InChI is InChI=1S/C12H16BrClFN/c1-9(2)16(6-5-13)8-10-7-11(14)3-4-12(10)15/h3-4,7,9H,5-6,8H2,1-2H3. The van der Waals surface area contributed by atoms with Gasteiger partial charge in [-0.1, -0.05) is 27.5 Å². The van der Waals surface area contributed by atoms with Gasteiger partial charge in [-0.2, -0.15) is 0 Å². The van der Waals surface area contributed by atoms with E-state index in [0.717, 1.165) is 11.9 Å². The van der Waals surface area contributed by atoms with Crippen molar-refractivity contribution in [1.82, 2.24) is 4.90 Å². The van der Waals surface area contributed by atoms with Crippen LogP contribution in [-0.2, 0) is 6.54 Å². The van der Waals surface area contributed by atoms with E-state index in [1.54, 1.807) is 12.1 Å². The van der Waals surface area contributed by atoms with Crippen molar-refractivity contribution in [2.24, 2.45) is 0 Å². The number of hydrogen-bond acceptors (Lipinski definition) is 1. The molecule has 4 heteroatoms. The third-order valence-corrected chi connectivity index (χ3v) is 3.07. The van der Waals surface area contributed by atoms with Crippen LogP contribution >= 0.6 is 27.5 Å². The summed E-state index contributed by atoms with van der Waals surface area (Å²) in [6, 6.07) is 5.08. The van der Waals surface area contributed by atoms with Gasteiger partial charge in [0.1, 0.15) is 5.82 Å². The average molecular weight is 309 g/mol. The number of alkyl halides is 1. The van der Waals surface area contributed by atoms with Crippen molar-refractivity contribution in [1.29, 1.82) is 0 Å². The zero-order valence-corrected chi connectivity index (χ0v) is 11.9. The van der Waals surface area contributed by atoms with Crippen LogP contribution < -0.4 is 0 Å².